The molecule has 0 saturated carbocycles. The Kier molecular flexibility index (Phi) is 6.07. The summed E-state index contributed by atoms with van der Waals surface area (Å²) in [5.74, 6) is -0.427. The van der Waals surface area contributed by atoms with E-state index in [1.807, 2.05) is 13.8 Å². The molecule has 0 atom stereocenters. The van der Waals surface area contributed by atoms with Crippen molar-refractivity contribution in [2.24, 2.45) is 0 Å². The second kappa shape index (κ2) is 7.57. The van der Waals surface area contributed by atoms with E-state index in [4.69, 9.17) is 5.73 Å². The summed E-state index contributed by atoms with van der Waals surface area (Å²) in [5, 5.41) is 8.77. The molecule has 5 N–H and O–H groups in total. The van der Waals surface area contributed by atoms with Gasteiger partial charge in [-0.25, -0.2) is 4.98 Å². The Morgan fingerprint density at radius 1 is 1.32 bits per heavy atom. The summed E-state index contributed by atoms with van der Waals surface area (Å²) in [5.41, 5.74) is 5.66. The molecule has 0 aliphatic carbocycles. The quantitative estimate of drug-likeness (QED) is 0.580. The molecule has 1 aromatic rings. The van der Waals surface area contributed by atoms with Crippen LogP contribution in [0.15, 0.2) is 0 Å². The van der Waals surface area contributed by atoms with Crippen LogP contribution in [0.5, 0.6) is 0 Å². The maximum atomic E-state index is 11.8. The molecule has 0 aliphatic rings. The number of carbonyl (C=O) groups is 2. The fourth-order valence-corrected chi connectivity index (χ4v) is 2.16. The molecule has 1 rings (SSSR count). The molecule has 2 amide bonds. The summed E-state index contributed by atoms with van der Waals surface area (Å²) in [6.07, 6.45) is 0.855. The van der Waals surface area contributed by atoms with Gasteiger partial charge < -0.3 is 21.7 Å². The summed E-state index contributed by atoms with van der Waals surface area (Å²) in [6, 6.07) is 0. The predicted molar refractivity (Wildman–Crippen MR) is 76.3 cm³/mol. The van der Waals surface area contributed by atoms with Crippen molar-refractivity contribution in [2.75, 3.05) is 30.7 Å². The number of hydrogen-bond donors (Lipinski definition) is 4. The third-order valence-corrected chi connectivity index (χ3v) is 3.20. The Morgan fingerprint density at radius 2 is 2.05 bits per heavy atom. The summed E-state index contributed by atoms with van der Waals surface area (Å²) in [7, 11) is 0. The number of nitrogens with two attached hydrogens (primary N) is 1. The van der Waals surface area contributed by atoms with Crippen LogP contribution in [0, 0.1) is 0 Å². The first-order valence-corrected chi connectivity index (χ1v) is 6.95. The van der Waals surface area contributed by atoms with Gasteiger partial charge in [-0.1, -0.05) is 18.3 Å². The molecule has 0 spiro atoms. The van der Waals surface area contributed by atoms with Crippen LogP contribution in [0.3, 0.4) is 0 Å². The highest BCUT2D eigenvalue weighted by molar-refractivity contribution is 7.18. The van der Waals surface area contributed by atoms with Crippen molar-refractivity contribution in [1.82, 2.24) is 15.6 Å². The maximum absolute atomic E-state index is 11.8. The van der Waals surface area contributed by atoms with E-state index < -0.39 is 0 Å². The van der Waals surface area contributed by atoms with Crippen LogP contribution in [-0.4, -0.2) is 36.4 Å². The smallest absolute Gasteiger partial charge is 0.265 e. The van der Waals surface area contributed by atoms with Crippen molar-refractivity contribution < 1.29 is 9.59 Å². The molecule has 7 nitrogen and oxygen atoms in total. The molecule has 0 aromatic carbocycles. The third kappa shape index (κ3) is 4.74. The van der Waals surface area contributed by atoms with E-state index in [-0.39, 0.29) is 24.2 Å². The number of amides is 2. The number of carbonyl (C=O) groups excluding carboxylic acids is 2. The van der Waals surface area contributed by atoms with E-state index in [1.54, 1.807) is 0 Å². The fraction of sp³-hybridized carbons (Fsp3) is 0.545. The van der Waals surface area contributed by atoms with Gasteiger partial charge in [-0.3, -0.25) is 9.59 Å². The summed E-state index contributed by atoms with van der Waals surface area (Å²) in [4.78, 5) is 27.5. The van der Waals surface area contributed by atoms with Crippen molar-refractivity contribution in [1.29, 1.82) is 0 Å². The molecule has 1 aromatic heterocycles. The first kappa shape index (κ1) is 15.2. The van der Waals surface area contributed by atoms with Crippen molar-refractivity contribution >= 4 is 34.1 Å². The molecular formula is C11H19N5O2S. The molecule has 0 fully saturated rings. The van der Waals surface area contributed by atoms with Gasteiger partial charge in [0.05, 0.1) is 6.54 Å². The van der Waals surface area contributed by atoms with Crippen molar-refractivity contribution in [3.05, 3.63) is 4.88 Å². The monoisotopic (exact) mass is 285 g/mol. The average Bonchev–Trinajstić information content (AvgIpc) is 2.75. The molecular weight excluding hydrogens is 266 g/mol. The van der Waals surface area contributed by atoms with E-state index in [9.17, 15) is 9.59 Å². The zero-order valence-electron chi connectivity index (χ0n) is 11.1. The average molecular weight is 285 g/mol. The van der Waals surface area contributed by atoms with Crippen molar-refractivity contribution in [3.63, 3.8) is 0 Å². The van der Waals surface area contributed by atoms with Crippen LogP contribution in [0.2, 0.25) is 0 Å². The van der Waals surface area contributed by atoms with Crippen LogP contribution in [0.4, 0.5) is 10.9 Å². The SMILES string of the molecule is CCCNC(=O)CNC(=O)c1sc(NCC)nc1N. The van der Waals surface area contributed by atoms with Gasteiger partial charge in [-0.15, -0.1) is 0 Å². The lowest BCUT2D eigenvalue weighted by molar-refractivity contribution is -0.120. The van der Waals surface area contributed by atoms with E-state index in [0.29, 0.717) is 23.1 Å². The fourth-order valence-electron chi connectivity index (χ4n) is 1.29. The van der Waals surface area contributed by atoms with Gasteiger partial charge in [0.25, 0.3) is 5.91 Å². The van der Waals surface area contributed by atoms with E-state index in [2.05, 4.69) is 20.9 Å². The minimum atomic E-state index is -0.384. The van der Waals surface area contributed by atoms with Gasteiger partial charge in [0.1, 0.15) is 10.7 Å². The van der Waals surface area contributed by atoms with Gasteiger partial charge >= 0.3 is 0 Å². The maximum Gasteiger partial charge on any atom is 0.265 e. The number of anilines is 2. The Morgan fingerprint density at radius 3 is 2.68 bits per heavy atom. The van der Waals surface area contributed by atoms with E-state index in [1.165, 1.54) is 11.3 Å². The summed E-state index contributed by atoms with van der Waals surface area (Å²) in [6.45, 7) is 5.12. The minimum absolute atomic E-state index is 0.0628. The number of nitrogen functional groups attached to an aromatic ring is 1. The summed E-state index contributed by atoms with van der Waals surface area (Å²) >= 11 is 1.17. The highest BCUT2D eigenvalue weighted by Crippen LogP contribution is 2.24. The lowest BCUT2D eigenvalue weighted by Crippen LogP contribution is -2.37. The van der Waals surface area contributed by atoms with Crippen molar-refractivity contribution in [3.8, 4) is 0 Å². The topological polar surface area (TPSA) is 109 Å². The zero-order valence-corrected chi connectivity index (χ0v) is 11.9. The number of hydrogen-bond acceptors (Lipinski definition) is 6. The largest absolute Gasteiger partial charge is 0.382 e. The van der Waals surface area contributed by atoms with E-state index >= 15 is 0 Å². The van der Waals surface area contributed by atoms with Crippen LogP contribution in [0.25, 0.3) is 0 Å². The Balaban J connectivity index is 2.51. The van der Waals surface area contributed by atoms with Crippen LogP contribution >= 0.6 is 11.3 Å². The van der Waals surface area contributed by atoms with Crippen LogP contribution in [-0.2, 0) is 4.79 Å². The molecule has 19 heavy (non-hydrogen) atoms. The zero-order chi connectivity index (χ0) is 14.3. The number of thiazole rings is 1. The molecule has 0 radical (unpaired) electrons. The minimum Gasteiger partial charge on any atom is -0.382 e. The number of nitrogens with one attached hydrogen (secondary N) is 3. The van der Waals surface area contributed by atoms with Crippen LogP contribution in [0.1, 0.15) is 29.9 Å². The number of aromatic nitrogens is 1. The second-order valence-corrected chi connectivity index (χ2v) is 4.80. The molecule has 106 valence electrons. The van der Waals surface area contributed by atoms with Gasteiger partial charge in [-0.05, 0) is 13.3 Å². The highest BCUT2D eigenvalue weighted by atomic mass is 32.1. The molecule has 1 heterocycles. The lowest BCUT2D eigenvalue weighted by Gasteiger charge is -2.04. The molecule has 0 unspecified atom stereocenters. The molecule has 0 aliphatic heterocycles. The van der Waals surface area contributed by atoms with Gasteiger partial charge in [-0.2, -0.15) is 0 Å². The van der Waals surface area contributed by atoms with Gasteiger partial charge in [0, 0.05) is 13.1 Å². The Hall–Kier alpha value is -1.83. The molecule has 0 saturated heterocycles. The van der Waals surface area contributed by atoms with Gasteiger partial charge in [0.2, 0.25) is 5.91 Å². The van der Waals surface area contributed by atoms with Crippen LogP contribution < -0.4 is 21.7 Å². The first-order valence-electron chi connectivity index (χ1n) is 6.13. The Labute approximate surface area is 116 Å². The second-order valence-electron chi connectivity index (χ2n) is 3.80. The number of rotatable bonds is 7. The highest BCUT2D eigenvalue weighted by Gasteiger charge is 2.16. The standard InChI is InChI=1S/C11H19N5O2S/c1-3-5-14-7(17)6-15-10(18)8-9(12)16-11(19-8)13-4-2/h3-6,12H2,1-2H3,(H,13,16)(H,14,17)(H,15,18). The molecule has 0 bridgehead atoms. The predicted octanol–water partition coefficient (Wildman–Crippen LogP) is 0.413. The molecule has 8 heteroatoms. The first-order chi connectivity index (χ1) is 9.08. The van der Waals surface area contributed by atoms with Gasteiger partial charge in [0.15, 0.2) is 5.13 Å². The van der Waals surface area contributed by atoms with E-state index in [0.717, 1.165) is 6.42 Å². The summed E-state index contributed by atoms with van der Waals surface area (Å²) < 4.78 is 0. The Bertz CT molecular complexity index is 446. The number of nitrogens with zero attached hydrogens (tertiary/aromatic N) is 1. The lowest BCUT2D eigenvalue weighted by atomic mass is 10.4. The normalized spacial score (nSPS) is 10.0. The van der Waals surface area contributed by atoms with Crippen molar-refractivity contribution in [2.45, 2.75) is 20.3 Å². The third-order valence-electron chi connectivity index (χ3n) is 2.17.